The van der Waals surface area contributed by atoms with Crippen molar-refractivity contribution in [2.75, 3.05) is 18.5 Å². The van der Waals surface area contributed by atoms with Gasteiger partial charge in [0.2, 0.25) is 17.7 Å². The molecule has 3 amide bonds. The lowest BCUT2D eigenvalue weighted by Crippen LogP contribution is -2.56. The van der Waals surface area contributed by atoms with E-state index in [9.17, 15) is 19.5 Å². The minimum atomic E-state index is -1.13. The van der Waals surface area contributed by atoms with E-state index in [1.54, 1.807) is 19.1 Å². The van der Waals surface area contributed by atoms with Crippen LogP contribution in [0.2, 0.25) is 5.02 Å². The van der Waals surface area contributed by atoms with E-state index in [2.05, 4.69) is 10.6 Å². The van der Waals surface area contributed by atoms with E-state index in [-0.39, 0.29) is 18.4 Å². The Balaban J connectivity index is 1.78. The molecule has 1 aromatic carbocycles. The summed E-state index contributed by atoms with van der Waals surface area (Å²) >= 11 is 6.36. The Bertz CT molecular complexity index is 983. The molecule has 2 unspecified atom stereocenters. The molecular weight excluding hydrogens is 458 g/mol. The number of aliphatic hydroxyl groups is 1. The summed E-state index contributed by atoms with van der Waals surface area (Å²) in [6.45, 7) is 7.67. The van der Waals surface area contributed by atoms with Crippen molar-refractivity contribution in [3.63, 3.8) is 0 Å². The molecule has 2 bridgehead atoms. The van der Waals surface area contributed by atoms with Gasteiger partial charge in [0.1, 0.15) is 11.6 Å². The SMILES string of the molecule is CCCNC(=O)[C@H]1[C@H]2C(=O)N([C@H](C)CO)C(C(=O)Nc3c(C)cccc3Cl)C23CC[C@]1(CC)O3. The number of aliphatic hydroxyl groups excluding tert-OH is 1. The van der Waals surface area contributed by atoms with Crippen molar-refractivity contribution < 1.29 is 24.2 Å². The summed E-state index contributed by atoms with van der Waals surface area (Å²) in [5, 5.41) is 16.2. The fraction of sp³-hybridized carbons (Fsp3) is 0.640. The minimum absolute atomic E-state index is 0.205. The van der Waals surface area contributed by atoms with Gasteiger partial charge in [-0.3, -0.25) is 14.4 Å². The lowest BCUT2D eigenvalue weighted by Gasteiger charge is -2.36. The third-order valence-corrected chi connectivity index (χ3v) is 8.22. The molecule has 8 nitrogen and oxygen atoms in total. The normalized spacial score (nSPS) is 32.6. The van der Waals surface area contributed by atoms with Gasteiger partial charge in [-0.2, -0.15) is 0 Å². The van der Waals surface area contributed by atoms with Crippen molar-refractivity contribution in [1.82, 2.24) is 10.2 Å². The first-order chi connectivity index (χ1) is 16.2. The van der Waals surface area contributed by atoms with Crippen molar-refractivity contribution >= 4 is 35.0 Å². The average Bonchev–Trinajstić information content (AvgIpc) is 3.43. The summed E-state index contributed by atoms with van der Waals surface area (Å²) in [5.41, 5.74) is -0.650. The Labute approximate surface area is 205 Å². The van der Waals surface area contributed by atoms with E-state index in [1.165, 1.54) is 4.90 Å². The molecule has 3 aliphatic heterocycles. The molecule has 34 heavy (non-hydrogen) atoms. The molecule has 3 heterocycles. The fourth-order valence-corrected chi connectivity index (χ4v) is 6.52. The number of carbonyl (C=O) groups is 3. The first-order valence-electron chi connectivity index (χ1n) is 12.1. The van der Waals surface area contributed by atoms with E-state index in [4.69, 9.17) is 16.3 Å². The quantitative estimate of drug-likeness (QED) is 0.518. The van der Waals surface area contributed by atoms with E-state index in [0.717, 1.165) is 12.0 Å². The molecule has 9 heteroatoms. The molecular formula is C25H34ClN3O5. The highest BCUT2D eigenvalue weighted by Crippen LogP contribution is 2.64. The largest absolute Gasteiger partial charge is 0.394 e. The van der Waals surface area contributed by atoms with Crippen LogP contribution in [0, 0.1) is 18.8 Å². The second-order valence-electron chi connectivity index (χ2n) is 9.82. The lowest BCUT2D eigenvalue weighted by molar-refractivity contribution is -0.148. The highest BCUT2D eigenvalue weighted by molar-refractivity contribution is 6.34. The highest BCUT2D eigenvalue weighted by Gasteiger charge is 2.78. The molecule has 3 fully saturated rings. The maximum atomic E-state index is 13.9. The van der Waals surface area contributed by atoms with Gasteiger partial charge in [-0.05, 0) is 51.2 Å². The van der Waals surface area contributed by atoms with Crippen molar-refractivity contribution in [1.29, 1.82) is 0 Å². The smallest absolute Gasteiger partial charge is 0.250 e. The Morgan fingerprint density at radius 1 is 1.29 bits per heavy atom. The zero-order valence-corrected chi connectivity index (χ0v) is 20.9. The summed E-state index contributed by atoms with van der Waals surface area (Å²) in [7, 11) is 0. The molecule has 0 aliphatic carbocycles. The maximum absolute atomic E-state index is 13.9. The van der Waals surface area contributed by atoms with E-state index >= 15 is 0 Å². The lowest BCUT2D eigenvalue weighted by atomic mass is 9.65. The van der Waals surface area contributed by atoms with Gasteiger partial charge < -0.3 is 25.4 Å². The van der Waals surface area contributed by atoms with Crippen LogP contribution in [-0.4, -0.2) is 64.2 Å². The number of rotatable bonds is 8. The zero-order chi connectivity index (χ0) is 24.8. The number of likely N-dealkylation sites (tertiary alicyclic amines) is 1. The average molecular weight is 492 g/mol. The number of fused-ring (bicyclic) bond motifs is 1. The summed E-state index contributed by atoms with van der Waals surface area (Å²) in [5.74, 6) is -2.41. The van der Waals surface area contributed by atoms with Crippen molar-refractivity contribution in [3.05, 3.63) is 28.8 Å². The molecule has 3 saturated heterocycles. The predicted molar refractivity (Wildman–Crippen MR) is 128 cm³/mol. The molecule has 1 spiro atoms. The highest BCUT2D eigenvalue weighted by atomic mass is 35.5. The third-order valence-electron chi connectivity index (χ3n) is 7.91. The van der Waals surface area contributed by atoms with Crippen LogP contribution in [0.3, 0.4) is 0 Å². The van der Waals surface area contributed by atoms with Crippen LogP contribution in [0.5, 0.6) is 0 Å². The molecule has 6 atom stereocenters. The number of halogens is 1. The summed E-state index contributed by atoms with van der Waals surface area (Å²) in [4.78, 5) is 42.4. The first kappa shape index (κ1) is 24.9. The van der Waals surface area contributed by atoms with Crippen LogP contribution in [0.1, 0.15) is 52.0 Å². The maximum Gasteiger partial charge on any atom is 0.250 e. The fourth-order valence-electron chi connectivity index (χ4n) is 6.26. The Morgan fingerprint density at radius 3 is 2.65 bits per heavy atom. The van der Waals surface area contributed by atoms with Gasteiger partial charge in [0.05, 0.1) is 40.8 Å². The predicted octanol–water partition coefficient (Wildman–Crippen LogP) is 2.65. The number of nitrogens with zero attached hydrogens (tertiary/aromatic N) is 1. The number of para-hydroxylation sites is 1. The van der Waals surface area contributed by atoms with Crippen molar-refractivity contribution in [2.45, 2.75) is 76.7 Å². The molecule has 186 valence electrons. The van der Waals surface area contributed by atoms with E-state index in [1.807, 2.05) is 26.8 Å². The van der Waals surface area contributed by atoms with Crippen molar-refractivity contribution in [3.8, 4) is 0 Å². The number of amides is 3. The molecule has 3 aliphatic rings. The second kappa shape index (κ2) is 9.13. The molecule has 0 aromatic heterocycles. The first-order valence-corrected chi connectivity index (χ1v) is 12.5. The number of hydrogen-bond acceptors (Lipinski definition) is 5. The number of aryl methyl sites for hydroxylation is 1. The summed E-state index contributed by atoms with van der Waals surface area (Å²) in [6, 6.07) is 3.73. The minimum Gasteiger partial charge on any atom is -0.394 e. The Morgan fingerprint density at radius 2 is 2.03 bits per heavy atom. The van der Waals surface area contributed by atoms with Crippen LogP contribution >= 0.6 is 11.6 Å². The summed E-state index contributed by atoms with van der Waals surface area (Å²) < 4.78 is 6.66. The third kappa shape index (κ3) is 3.53. The Kier molecular flexibility index (Phi) is 6.70. The van der Waals surface area contributed by atoms with Gasteiger partial charge in [-0.15, -0.1) is 0 Å². The number of anilines is 1. The number of nitrogens with one attached hydrogen (secondary N) is 2. The van der Waals surface area contributed by atoms with Gasteiger partial charge in [-0.25, -0.2) is 0 Å². The van der Waals surface area contributed by atoms with Crippen LogP contribution in [0.25, 0.3) is 0 Å². The molecule has 4 rings (SSSR count). The van der Waals surface area contributed by atoms with Gasteiger partial charge in [-0.1, -0.05) is 37.6 Å². The van der Waals surface area contributed by atoms with Gasteiger partial charge in [0.15, 0.2) is 0 Å². The van der Waals surface area contributed by atoms with E-state index < -0.39 is 41.0 Å². The number of ether oxygens (including phenoxy) is 1. The molecule has 1 aromatic rings. The number of benzene rings is 1. The van der Waals surface area contributed by atoms with Gasteiger partial charge >= 0.3 is 0 Å². The van der Waals surface area contributed by atoms with Crippen LogP contribution in [0.4, 0.5) is 5.69 Å². The molecule has 0 saturated carbocycles. The zero-order valence-electron chi connectivity index (χ0n) is 20.2. The number of carbonyl (C=O) groups excluding carboxylic acids is 3. The number of hydrogen-bond donors (Lipinski definition) is 3. The van der Waals surface area contributed by atoms with Crippen LogP contribution in [0.15, 0.2) is 18.2 Å². The summed E-state index contributed by atoms with van der Waals surface area (Å²) in [6.07, 6.45) is 2.42. The molecule has 0 radical (unpaired) electrons. The van der Waals surface area contributed by atoms with Crippen LogP contribution < -0.4 is 10.6 Å². The standard InChI is InChI=1S/C25H34ClN3O5/c1-5-12-27-21(31)17-18-23(33)29(15(4)13-30)20(25(18)11-10-24(17,6-2)34-25)22(32)28-19-14(3)8-7-9-16(19)26/h7-9,15,17-18,20,30H,5-6,10-13H2,1-4H3,(H,27,31)(H,28,32)/t15-,17-,18+,20?,24+,25?/m1/s1. The second-order valence-corrected chi connectivity index (χ2v) is 10.2. The van der Waals surface area contributed by atoms with Gasteiger partial charge in [0.25, 0.3) is 0 Å². The monoisotopic (exact) mass is 491 g/mol. The molecule has 3 N–H and O–H groups in total. The van der Waals surface area contributed by atoms with Gasteiger partial charge in [0, 0.05) is 6.54 Å². The topological polar surface area (TPSA) is 108 Å². The Hall–Kier alpha value is -2.16. The van der Waals surface area contributed by atoms with Crippen molar-refractivity contribution in [2.24, 2.45) is 11.8 Å². The van der Waals surface area contributed by atoms with E-state index in [0.29, 0.717) is 36.5 Å². The van der Waals surface area contributed by atoms with Crippen LogP contribution in [-0.2, 0) is 19.1 Å².